The largest absolute Gasteiger partial charge is 0.305 e. The summed E-state index contributed by atoms with van der Waals surface area (Å²) in [6.07, 6.45) is 0. The van der Waals surface area contributed by atoms with Crippen molar-refractivity contribution in [3.8, 4) is 0 Å². The molecule has 2 heterocycles. The molecule has 3 aromatic rings. The fourth-order valence-corrected chi connectivity index (χ4v) is 2.40. The van der Waals surface area contributed by atoms with Gasteiger partial charge >= 0.3 is 0 Å². The molecule has 0 aliphatic heterocycles. The summed E-state index contributed by atoms with van der Waals surface area (Å²) in [4.78, 5) is 0. The summed E-state index contributed by atoms with van der Waals surface area (Å²) in [6, 6.07) is 8.03. The second-order valence-corrected chi connectivity index (χ2v) is 4.54. The maximum atomic E-state index is 8.01. The van der Waals surface area contributed by atoms with Crippen LogP contribution in [0.1, 0.15) is 25.1 Å². The van der Waals surface area contributed by atoms with Gasteiger partial charge in [-0.3, -0.25) is 0 Å². The van der Waals surface area contributed by atoms with E-state index in [4.69, 9.17) is 5.41 Å². The van der Waals surface area contributed by atoms with E-state index in [9.17, 15) is 0 Å². The molecule has 0 saturated heterocycles. The third-order valence-corrected chi connectivity index (χ3v) is 3.14. The molecule has 4 nitrogen and oxygen atoms in total. The highest BCUT2D eigenvalue weighted by Gasteiger charge is 2.18. The zero-order chi connectivity index (χ0) is 12.9. The van der Waals surface area contributed by atoms with Crippen LogP contribution in [0.25, 0.3) is 22.0 Å². The van der Waals surface area contributed by atoms with Crippen LogP contribution in [0.15, 0.2) is 30.8 Å². The average molecular weight is 238 g/mol. The van der Waals surface area contributed by atoms with Gasteiger partial charge in [0.2, 0.25) is 0 Å². The molecule has 4 heteroatoms. The van der Waals surface area contributed by atoms with Gasteiger partial charge in [0, 0.05) is 16.7 Å². The number of hydrogen-bond acceptors (Lipinski definition) is 2. The molecule has 0 saturated carbocycles. The minimum atomic E-state index is 0.539. The van der Waals surface area contributed by atoms with Crippen LogP contribution in [0, 0.1) is 5.41 Å². The Morgan fingerprint density at radius 1 is 1.33 bits per heavy atom. The summed E-state index contributed by atoms with van der Waals surface area (Å²) in [5, 5.41) is 16.4. The van der Waals surface area contributed by atoms with Crippen molar-refractivity contribution in [1.29, 1.82) is 5.41 Å². The lowest BCUT2D eigenvalue weighted by Gasteiger charge is -1.98. The summed E-state index contributed by atoms with van der Waals surface area (Å²) >= 11 is 0. The smallest absolute Gasteiger partial charge is 0.114 e. The predicted molar refractivity (Wildman–Crippen MR) is 74.3 cm³/mol. The quantitative estimate of drug-likeness (QED) is 0.661. The Hall–Kier alpha value is -2.36. The summed E-state index contributed by atoms with van der Waals surface area (Å²) in [5.74, 6) is 0. The highest BCUT2D eigenvalue weighted by atomic mass is 15.4. The maximum Gasteiger partial charge on any atom is 0.114 e. The summed E-state index contributed by atoms with van der Waals surface area (Å²) in [5.41, 5.74) is 5.17. The summed E-state index contributed by atoms with van der Waals surface area (Å²) < 4.78 is 1.92. The zero-order valence-electron chi connectivity index (χ0n) is 10.4. The number of hydrogen-bond donors (Lipinski definition) is 2. The molecule has 0 amide bonds. The third kappa shape index (κ3) is 1.26. The molecule has 2 N–H and O–H groups in total. The first-order valence-corrected chi connectivity index (χ1v) is 5.80. The van der Waals surface area contributed by atoms with E-state index >= 15 is 0 Å². The number of nitrogens with one attached hydrogen (secondary N) is 2. The van der Waals surface area contributed by atoms with E-state index in [0.29, 0.717) is 5.71 Å². The van der Waals surface area contributed by atoms with Gasteiger partial charge in [-0.1, -0.05) is 24.8 Å². The van der Waals surface area contributed by atoms with Crippen molar-refractivity contribution in [2.45, 2.75) is 13.8 Å². The van der Waals surface area contributed by atoms with E-state index in [0.717, 1.165) is 33.3 Å². The first-order chi connectivity index (χ1) is 8.61. The number of fused-ring (bicyclic) bond motifs is 3. The lowest BCUT2D eigenvalue weighted by Crippen LogP contribution is -1.92. The number of aromatic amines is 1. The van der Waals surface area contributed by atoms with E-state index in [1.54, 1.807) is 6.92 Å². The molecule has 0 radical (unpaired) electrons. The van der Waals surface area contributed by atoms with Crippen LogP contribution in [0.5, 0.6) is 0 Å². The van der Waals surface area contributed by atoms with Crippen LogP contribution in [-0.4, -0.2) is 20.5 Å². The molecule has 0 fully saturated rings. The number of H-pyrrole nitrogens is 1. The maximum absolute atomic E-state index is 8.01. The van der Waals surface area contributed by atoms with E-state index < -0.39 is 0 Å². The number of aromatic nitrogens is 3. The normalized spacial score (nSPS) is 11.2. The van der Waals surface area contributed by atoms with Crippen LogP contribution in [-0.2, 0) is 0 Å². The number of benzene rings is 1. The Morgan fingerprint density at radius 3 is 2.72 bits per heavy atom. The van der Waals surface area contributed by atoms with Crippen molar-refractivity contribution >= 4 is 27.7 Å². The Balaban J connectivity index is 2.60. The number of para-hydroxylation sites is 1. The van der Waals surface area contributed by atoms with E-state index in [1.807, 2.05) is 35.7 Å². The second-order valence-electron chi connectivity index (χ2n) is 4.54. The molecule has 0 unspecified atom stereocenters. The first kappa shape index (κ1) is 10.8. The molecule has 18 heavy (non-hydrogen) atoms. The van der Waals surface area contributed by atoms with Crippen molar-refractivity contribution in [3.63, 3.8) is 0 Å². The van der Waals surface area contributed by atoms with E-state index in [-0.39, 0.29) is 0 Å². The van der Waals surface area contributed by atoms with Gasteiger partial charge in [0.25, 0.3) is 0 Å². The standard InChI is InChI=1S/C14H14N4/c1-8(2)13-14-12(9(3)15)10-6-4-5-7-11(10)18(14)17-16-13/h4-7,15,17H,1H2,2-3H3. The second kappa shape index (κ2) is 3.57. The van der Waals surface area contributed by atoms with Crippen molar-refractivity contribution in [2.75, 3.05) is 0 Å². The summed E-state index contributed by atoms with van der Waals surface area (Å²) in [7, 11) is 0. The van der Waals surface area contributed by atoms with Crippen LogP contribution in [0.3, 0.4) is 0 Å². The average Bonchev–Trinajstić information content (AvgIpc) is 2.85. The molecular formula is C14H14N4. The molecule has 0 spiro atoms. The topological polar surface area (TPSA) is 56.9 Å². The Morgan fingerprint density at radius 2 is 2.06 bits per heavy atom. The highest BCUT2D eigenvalue weighted by molar-refractivity contribution is 6.16. The van der Waals surface area contributed by atoms with Crippen molar-refractivity contribution < 1.29 is 0 Å². The number of rotatable bonds is 2. The van der Waals surface area contributed by atoms with Gasteiger partial charge in [-0.05, 0) is 25.5 Å². The van der Waals surface area contributed by atoms with Crippen molar-refractivity contribution in [2.24, 2.45) is 0 Å². The number of nitrogens with zero attached hydrogens (tertiary/aromatic N) is 2. The van der Waals surface area contributed by atoms with Crippen LogP contribution in [0.2, 0.25) is 0 Å². The number of allylic oxidation sites excluding steroid dienone is 1. The lowest BCUT2D eigenvalue weighted by molar-refractivity contribution is 0.882. The Kier molecular flexibility index (Phi) is 2.13. The Bertz CT molecular complexity index is 789. The van der Waals surface area contributed by atoms with Crippen LogP contribution in [0.4, 0.5) is 0 Å². The zero-order valence-corrected chi connectivity index (χ0v) is 10.4. The minimum Gasteiger partial charge on any atom is -0.305 e. The van der Waals surface area contributed by atoms with Gasteiger partial charge in [0.15, 0.2) is 0 Å². The predicted octanol–water partition coefficient (Wildman–Crippen LogP) is 3.24. The van der Waals surface area contributed by atoms with Gasteiger partial charge in [-0.15, -0.1) is 0 Å². The van der Waals surface area contributed by atoms with Gasteiger partial charge in [0.05, 0.1) is 5.52 Å². The lowest BCUT2D eigenvalue weighted by atomic mass is 10.1. The van der Waals surface area contributed by atoms with Crippen LogP contribution >= 0.6 is 0 Å². The SMILES string of the molecule is C=C(C)c1n[nH]n2c1c(C(C)=N)c1ccccc12. The fourth-order valence-electron chi connectivity index (χ4n) is 2.40. The molecule has 0 aliphatic rings. The summed E-state index contributed by atoms with van der Waals surface area (Å²) in [6.45, 7) is 7.68. The molecule has 1 aromatic carbocycles. The molecular weight excluding hydrogens is 224 g/mol. The first-order valence-electron chi connectivity index (χ1n) is 5.80. The van der Waals surface area contributed by atoms with Gasteiger partial charge in [0.1, 0.15) is 11.2 Å². The van der Waals surface area contributed by atoms with Crippen LogP contribution < -0.4 is 0 Å². The molecule has 0 bridgehead atoms. The van der Waals surface area contributed by atoms with Crippen molar-refractivity contribution in [1.82, 2.24) is 14.8 Å². The Labute approximate surface area is 104 Å². The van der Waals surface area contributed by atoms with Gasteiger partial charge in [-0.25, -0.2) is 9.73 Å². The molecule has 0 aliphatic carbocycles. The molecule has 3 rings (SSSR count). The van der Waals surface area contributed by atoms with Gasteiger partial charge < -0.3 is 5.41 Å². The monoisotopic (exact) mass is 238 g/mol. The fraction of sp³-hybridized carbons (Fsp3) is 0.143. The van der Waals surface area contributed by atoms with Gasteiger partial charge in [-0.2, -0.15) is 5.10 Å². The van der Waals surface area contributed by atoms with Crippen molar-refractivity contribution in [3.05, 3.63) is 42.1 Å². The molecule has 2 aromatic heterocycles. The molecule has 90 valence electrons. The van der Waals surface area contributed by atoms with E-state index in [1.165, 1.54) is 0 Å². The minimum absolute atomic E-state index is 0.539. The molecule has 0 atom stereocenters. The van der Waals surface area contributed by atoms with E-state index in [2.05, 4.69) is 16.9 Å². The third-order valence-electron chi connectivity index (χ3n) is 3.14. The highest BCUT2D eigenvalue weighted by Crippen LogP contribution is 2.30.